The van der Waals surface area contributed by atoms with Gasteiger partial charge in [0, 0.05) is 62.1 Å². The highest BCUT2D eigenvalue weighted by molar-refractivity contribution is 6.08. The number of nitrogens with one attached hydrogen (secondary N) is 2. The van der Waals surface area contributed by atoms with E-state index in [-0.39, 0.29) is 12.5 Å². The number of benzene rings is 3. The van der Waals surface area contributed by atoms with Crippen LogP contribution in [0.25, 0.3) is 10.9 Å². The van der Waals surface area contributed by atoms with E-state index in [0.717, 1.165) is 47.7 Å². The summed E-state index contributed by atoms with van der Waals surface area (Å²) in [7, 11) is 0. The van der Waals surface area contributed by atoms with Gasteiger partial charge in [0.05, 0.1) is 12.1 Å². The Morgan fingerprint density at radius 1 is 0.955 bits per heavy atom. The lowest BCUT2D eigenvalue weighted by atomic mass is 9.89. The Labute approximate surface area is 253 Å². The van der Waals surface area contributed by atoms with Gasteiger partial charge < -0.3 is 20.1 Å². The van der Waals surface area contributed by atoms with Gasteiger partial charge in [-0.1, -0.05) is 6.07 Å². The highest BCUT2D eigenvalue weighted by Crippen LogP contribution is 2.29. The van der Waals surface area contributed by atoms with Crippen LogP contribution in [0, 0.1) is 17.6 Å². The van der Waals surface area contributed by atoms with Crippen LogP contribution in [0.15, 0.2) is 54.6 Å². The number of carboxylic acid groups (broad SMARTS) is 1. The molecule has 2 saturated heterocycles. The highest BCUT2D eigenvalue weighted by Gasteiger charge is 2.23. The number of aliphatic carboxylic acids is 1. The number of H-pyrrole nitrogens is 1. The first-order chi connectivity index (χ1) is 21.3. The van der Waals surface area contributed by atoms with E-state index in [0.29, 0.717) is 74.1 Å². The Kier molecular flexibility index (Phi) is 8.85. The zero-order valence-corrected chi connectivity index (χ0v) is 24.3. The average Bonchev–Trinajstić information content (AvgIpc) is 3.39. The van der Waals surface area contributed by atoms with Crippen molar-refractivity contribution < 1.29 is 28.2 Å². The van der Waals surface area contributed by atoms with E-state index in [1.165, 1.54) is 12.1 Å². The molecular weight excluding hydrogens is 568 g/mol. The second-order valence-electron chi connectivity index (χ2n) is 11.6. The molecule has 1 aromatic heterocycles. The van der Waals surface area contributed by atoms with Crippen molar-refractivity contribution in [3.63, 3.8) is 0 Å². The summed E-state index contributed by atoms with van der Waals surface area (Å²) in [4.78, 5) is 29.0. The second kappa shape index (κ2) is 13.1. The van der Waals surface area contributed by atoms with Crippen molar-refractivity contribution >= 4 is 34.3 Å². The molecule has 3 N–H and O–H groups in total. The maximum absolute atomic E-state index is 13.8. The Balaban J connectivity index is 1.23. The second-order valence-corrected chi connectivity index (χ2v) is 11.6. The van der Waals surface area contributed by atoms with Gasteiger partial charge in [0.15, 0.2) is 5.82 Å². The molecule has 3 aromatic carbocycles. The summed E-state index contributed by atoms with van der Waals surface area (Å²) in [5.41, 5.74) is 4.61. The van der Waals surface area contributed by atoms with Crippen LogP contribution >= 0.6 is 0 Å². The summed E-state index contributed by atoms with van der Waals surface area (Å²) in [6.45, 7) is 4.19. The Bertz CT molecular complexity index is 1640. The number of amides is 1. The van der Waals surface area contributed by atoms with Crippen LogP contribution in [0.2, 0.25) is 0 Å². The summed E-state index contributed by atoms with van der Waals surface area (Å²) in [6.07, 6.45) is 2.93. The molecule has 0 aliphatic carbocycles. The van der Waals surface area contributed by atoms with E-state index in [1.807, 2.05) is 35.2 Å². The summed E-state index contributed by atoms with van der Waals surface area (Å²) in [5, 5.41) is 20.1. The Hall–Kier alpha value is -4.35. The molecule has 11 heteroatoms. The molecule has 2 aliphatic rings. The molecule has 0 atom stereocenters. The number of aromatic nitrogens is 2. The Morgan fingerprint density at radius 2 is 1.70 bits per heavy atom. The zero-order chi connectivity index (χ0) is 30.6. The number of hydrogen-bond donors (Lipinski definition) is 3. The molecule has 2 aliphatic heterocycles. The van der Waals surface area contributed by atoms with Crippen LogP contribution < -0.4 is 10.2 Å². The molecule has 230 valence electrons. The molecule has 0 unspecified atom stereocenters. The fourth-order valence-corrected chi connectivity index (χ4v) is 6.17. The van der Waals surface area contributed by atoms with Gasteiger partial charge in [-0.2, -0.15) is 5.10 Å². The molecule has 0 saturated carbocycles. The fraction of sp³-hybridized carbons (Fsp3) is 0.364. The normalized spacial score (nSPS) is 16.4. The van der Waals surface area contributed by atoms with Crippen LogP contribution in [-0.4, -0.2) is 78.0 Å². The third-order valence-electron chi connectivity index (χ3n) is 8.47. The monoisotopic (exact) mass is 603 g/mol. The van der Waals surface area contributed by atoms with Gasteiger partial charge in [-0.05, 0) is 90.8 Å². The number of halogens is 2. The molecule has 1 amide bonds. The molecule has 44 heavy (non-hydrogen) atoms. The fourth-order valence-electron chi connectivity index (χ4n) is 6.17. The predicted molar refractivity (Wildman–Crippen MR) is 163 cm³/mol. The molecule has 4 aromatic rings. The van der Waals surface area contributed by atoms with Crippen LogP contribution in [0.5, 0.6) is 0 Å². The number of ether oxygens (including phenoxy) is 1. The maximum atomic E-state index is 13.8. The van der Waals surface area contributed by atoms with E-state index >= 15 is 0 Å². The number of aromatic amines is 1. The van der Waals surface area contributed by atoms with Crippen molar-refractivity contribution in [2.24, 2.45) is 5.92 Å². The van der Waals surface area contributed by atoms with Crippen molar-refractivity contribution in [3.05, 3.63) is 88.5 Å². The maximum Gasteiger partial charge on any atom is 0.317 e. The molecule has 2 fully saturated rings. The summed E-state index contributed by atoms with van der Waals surface area (Å²) in [6, 6.07) is 14.9. The standard InChI is InChI=1S/C33H35F2N5O4/c34-25-15-23(16-26(35)19-25)13-22-1-4-30-29(17-22)32(38-37-30)36-33(43)28-3-2-27(18-24(28)14-21-5-11-44-12-6-21)40-9-7-39(8-10-40)20-31(41)42/h1-4,15-19,21H,5-14,20H2,(H,41,42)(H2,36,37,38,43). The first-order valence-electron chi connectivity index (χ1n) is 14.9. The van der Waals surface area contributed by atoms with E-state index in [9.17, 15) is 18.4 Å². The number of hydrogen-bond acceptors (Lipinski definition) is 6. The smallest absolute Gasteiger partial charge is 0.317 e. The number of fused-ring (bicyclic) bond motifs is 1. The number of nitrogens with zero attached hydrogens (tertiary/aromatic N) is 3. The van der Waals surface area contributed by atoms with Gasteiger partial charge >= 0.3 is 5.97 Å². The molecule has 9 nitrogen and oxygen atoms in total. The molecule has 0 bridgehead atoms. The average molecular weight is 604 g/mol. The molecule has 6 rings (SSSR count). The van der Waals surface area contributed by atoms with Crippen molar-refractivity contribution in [3.8, 4) is 0 Å². The van der Waals surface area contributed by atoms with Crippen LogP contribution in [0.3, 0.4) is 0 Å². The minimum absolute atomic E-state index is 0.0364. The lowest BCUT2D eigenvalue weighted by Gasteiger charge is -2.35. The number of rotatable bonds is 9. The minimum Gasteiger partial charge on any atom is -0.480 e. The lowest BCUT2D eigenvalue weighted by molar-refractivity contribution is -0.138. The third kappa shape index (κ3) is 7.06. The molecule has 3 heterocycles. The zero-order valence-electron chi connectivity index (χ0n) is 24.3. The number of anilines is 2. The molecule has 0 radical (unpaired) electrons. The topological polar surface area (TPSA) is 111 Å². The number of carbonyl (C=O) groups excluding carboxylic acids is 1. The summed E-state index contributed by atoms with van der Waals surface area (Å²) >= 11 is 0. The number of piperazine rings is 1. The summed E-state index contributed by atoms with van der Waals surface area (Å²) < 4.78 is 33.0. The predicted octanol–water partition coefficient (Wildman–Crippen LogP) is 4.86. The van der Waals surface area contributed by atoms with Crippen LogP contribution in [0.1, 0.15) is 39.9 Å². The Morgan fingerprint density at radius 3 is 2.43 bits per heavy atom. The summed E-state index contributed by atoms with van der Waals surface area (Å²) in [5.74, 6) is -1.56. The van der Waals surface area contributed by atoms with Gasteiger partial charge in [-0.3, -0.25) is 19.6 Å². The van der Waals surface area contributed by atoms with Gasteiger partial charge in [-0.25, -0.2) is 8.78 Å². The lowest BCUT2D eigenvalue weighted by Crippen LogP contribution is -2.48. The quantitative estimate of drug-likeness (QED) is 0.251. The third-order valence-corrected chi connectivity index (χ3v) is 8.47. The van der Waals surface area contributed by atoms with Gasteiger partial charge in [0.2, 0.25) is 0 Å². The number of carbonyl (C=O) groups is 2. The first-order valence-corrected chi connectivity index (χ1v) is 14.9. The van der Waals surface area contributed by atoms with Crippen molar-refractivity contribution in [1.29, 1.82) is 0 Å². The van der Waals surface area contributed by atoms with Gasteiger partial charge in [0.1, 0.15) is 11.6 Å². The van der Waals surface area contributed by atoms with Crippen LogP contribution in [0.4, 0.5) is 20.3 Å². The van der Waals surface area contributed by atoms with E-state index < -0.39 is 17.6 Å². The largest absolute Gasteiger partial charge is 0.480 e. The SMILES string of the molecule is O=C(O)CN1CCN(c2ccc(C(=O)Nc3n[nH]c4ccc(Cc5cc(F)cc(F)c5)cc34)c(CC3CCOCC3)c2)CC1. The minimum atomic E-state index is -0.824. The highest BCUT2D eigenvalue weighted by atomic mass is 19.1. The van der Waals surface area contributed by atoms with Crippen molar-refractivity contribution in [1.82, 2.24) is 15.1 Å². The van der Waals surface area contributed by atoms with Crippen LogP contribution in [-0.2, 0) is 22.4 Å². The van der Waals surface area contributed by atoms with E-state index in [4.69, 9.17) is 9.84 Å². The van der Waals surface area contributed by atoms with Gasteiger partial charge in [0.25, 0.3) is 5.91 Å². The number of carboxylic acids is 1. The van der Waals surface area contributed by atoms with E-state index in [2.05, 4.69) is 26.5 Å². The van der Waals surface area contributed by atoms with Crippen molar-refractivity contribution in [2.75, 3.05) is 56.2 Å². The first kappa shape index (κ1) is 29.7. The van der Waals surface area contributed by atoms with Crippen molar-refractivity contribution in [2.45, 2.75) is 25.7 Å². The molecular formula is C33H35F2N5O4. The van der Waals surface area contributed by atoms with E-state index in [1.54, 1.807) is 0 Å². The molecule has 0 spiro atoms. The van der Waals surface area contributed by atoms with Gasteiger partial charge in [-0.15, -0.1) is 0 Å².